The Morgan fingerprint density at radius 2 is 1.81 bits per heavy atom. The molecule has 0 saturated carbocycles. The summed E-state index contributed by atoms with van der Waals surface area (Å²) in [5, 5.41) is 38.1. The van der Waals surface area contributed by atoms with Crippen molar-refractivity contribution >= 4 is 18.0 Å². The molecule has 1 aliphatic rings. The van der Waals surface area contributed by atoms with E-state index in [1.54, 1.807) is 0 Å². The van der Waals surface area contributed by atoms with E-state index in [9.17, 15) is 19.5 Å². The fraction of sp³-hybridized carbons (Fsp3) is 0.700. The molecule has 1 atom stereocenters. The predicted octanol–water partition coefficient (Wildman–Crippen LogP) is -3.53. The normalized spacial score (nSPS) is 18.4. The van der Waals surface area contributed by atoms with Crippen molar-refractivity contribution in [1.82, 2.24) is 20.0 Å². The summed E-state index contributed by atoms with van der Waals surface area (Å²) in [5.41, 5.74) is 0. The number of nitrogens with zero attached hydrogens (tertiary/aromatic N) is 3. The molecule has 1 heterocycles. The minimum atomic E-state index is -1.47. The fourth-order valence-corrected chi connectivity index (χ4v) is 1.90. The monoisotopic (exact) mass is 306 g/mol. The second-order valence-corrected chi connectivity index (χ2v) is 4.05. The van der Waals surface area contributed by atoms with Crippen molar-refractivity contribution in [1.29, 1.82) is 0 Å². The predicted molar refractivity (Wildman–Crippen MR) is 66.3 cm³/mol. The Morgan fingerprint density at radius 1 is 1.14 bits per heavy atom. The van der Waals surface area contributed by atoms with Gasteiger partial charge in [0, 0.05) is 13.1 Å². The van der Waals surface area contributed by atoms with Crippen LogP contribution in [0.5, 0.6) is 0 Å². The number of carbonyl (C=O) groups is 3. The Bertz CT molecular complexity index is 405. The lowest BCUT2D eigenvalue weighted by Crippen LogP contribution is -2.56. The molecule has 1 unspecified atom stereocenters. The van der Waals surface area contributed by atoms with Crippen LogP contribution >= 0.6 is 0 Å². The highest BCUT2D eigenvalue weighted by atomic mass is 16.3. The molecule has 0 spiro atoms. The Kier molecular flexibility index (Phi) is 6.30. The first-order valence-electron chi connectivity index (χ1n) is 6.13. The Balaban J connectivity index is 3.01. The lowest BCUT2D eigenvalue weighted by molar-refractivity contribution is -0.135. The van der Waals surface area contributed by atoms with Crippen LogP contribution in [0.15, 0.2) is 0 Å². The minimum absolute atomic E-state index is 0.0849. The van der Waals surface area contributed by atoms with Crippen LogP contribution in [0.4, 0.5) is 9.59 Å². The topological polar surface area (TPSA) is 154 Å². The summed E-state index contributed by atoms with van der Waals surface area (Å²) in [5.74, 6) is -0.899. The summed E-state index contributed by atoms with van der Waals surface area (Å²) >= 11 is 0. The van der Waals surface area contributed by atoms with Gasteiger partial charge in [-0.15, -0.1) is 0 Å². The molecular weight excluding hydrogens is 288 g/mol. The van der Waals surface area contributed by atoms with Gasteiger partial charge in [0.1, 0.15) is 13.5 Å². The molecular formula is C10H18N4O7. The average Bonchev–Trinajstić information content (AvgIpc) is 2.72. The molecule has 0 bridgehead atoms. The first kappa shape index (κ1) is 17.1. The zero-order valence-corrected chi connectivity index (χ0v) is 11.2. The van der Waals surface area contributed by atoms with Crippen molar-refractivity contribution < 1.29 is 34.8 Å². The highest BCUT2D eigenvalue weighted by Gasteiger charge is 2.49. The summed E-state index contributed by atoms with van der Waals surface area (Å²) < 4.78 is 0. The van der Waals surface area contributed by atoms with Crippen LogP contribution in [0.2, 0.25) is 0 Å². The number of nitrogens with one attached hydrogen (secondary N) is 1. The molecule has 5 amide bonds. The molecule has 0 aromatic carbocycles. The molecule has 1 saturated heterocycles. The van der Waals surface area contributed by atoms with Gasteiger partial charge in [-0.25, -0.2) is 14.5 Å². The van der Waals surface area contributed by atoms with E-state index in [-0.39, 0.29) is 19.7 Å². The lowest BCUT2D eigenvalue weighted by Gasteiger charge is -2.31. The molecule has 5 N–H and O–H groups in total. The van der Waals surface area contributed by atoms with Crippen molar-refractivity contribution in [3.05, 3.63) is 0 Å². The van der Waals surface area contributed by atoms with Crippen LogP contribution in [-0.4, -0.2) is 99.0 Å². The molecule has 1 fully saturated rings. The largest absolute Gasteiger partial charge is 0.395 e. The van der Waals surface area contributed by atoms with Crippen molar-refractivity contribution in [2.75, 3.05) is 39.8 Å². The highest BCUT2D eigenvalue weighted by Crippen LogP contribution is 2.19. The van der Waals surface area contributed by atoms with Crippen LogP contribution in [0.3, 0.4) is 0 Å². The fourth-order valence-electron chi connectivity index (χ4n) is 1.90. The third kappa shape index (κ3) is 3.39. The van der Waals surface area contributed by atoms with Crippen LogP contribution in [-0.2, 0) is 4.79 Å². The summed E-state index contributed by atoms with van der Waals surface area (Å²) in [6.45, 7) is -2.92. The lowest BCUT2D eigenvalue weighted by atomic mass is 10.3. The van der Waals surface area contributed by atoms with E-state index in [1.807, 2.05) is 0 Å². The number of aliphatic hydroxyl groups is 4. The van der Waals surface area contributed by atoms with E-state index < -0.39 is 44.2 Å². The van der Waals surface area contributed by atoms with E-state index in [4.69, 9.17) is 15.3 Å². The first-order valence-corrected chi connectivity index (χ1v) is 6.13. The van der Waals surface area contributed by atoms with Crippen LogP contribution in [0.1, 0.15) is 0 Å². The Labute approximate surface area is 120 Å². The van der Waals surface area contributed by atoms with Gasteiger partial charge in [-0.05, 0) is 0 Å². The molecule has 120 valence electrons. The molecule has 0 aromatic heterocycles. The van der Waals surface area contributed by atoms with Gasteiger partial charge < -0.3 is 25.7 Å². The van der Waals surface area contributed by atoms with Gasteiger partial charge in [0.2, 0.25) is 0 Å². The Hall–Kier alpha value is -1.95. The molecule has 11 heteroatoms. The zero-order chi connectivity index (χ0) is 16.0. The third-order valence-corrected chi connectivity index (χ3v) is 2.84. The van der Waals surface area contributed by atoms with Gasteiger partial charge in [-0.1, -0.05) is 0 Å². The summed E-state index contributed by atoms with van der Waals surface area (Å²) in [6.07, 6.45) is -1.47. The first-order chi connectivity index (χ1) is 10.0. The molecule has 1 rings (SSSR count). The number of hydrogen-bond acceptors (Lipinski definition) is 7. The standard InChI is InChI=1S/C10H18N4O7/c15-3-1-11-9(20)12(2-4-16)7-8(19)14(6-18)10(21)13(7)5-17/h7,15-18H,1-6H2,(H,11,20). The third-order valence-electron chi connectivity index (χ3n) is 2.84. The number of hydrogen-bond donors (Lipinski definition) is 5. The van der Waals surface area contributed by atoms with Crippen LogP contribution in [0.25, 0.3) is 0 Å². The smallest absolute Gasteiger partial charge is 0.332 e. The summed E-state index contributed by atoms with van der Waals surface area (Å²) in [6, 6.07) is -1.75. The maximum atomic E-state index is 12.1. The molecule has 21 heavy (non-hydrogen) atoms. The summed E-state index contributed by atoms with van der Waals surface area (Å²) in [4.78, 5) is 37.7. The van der Waals surface area contributed by atoms with Gasteiger partial charge >= 0.3 is 12.1 Å². The van der Waals surface area contributed by atoms with Crippen molar-refractivity contribution in [3.8, 4) is 0 Å². The van der Waals surface area contributed by atoms with E-state index in [0.717, 1.165) is 4.90 Å². The second kappa shape index (κ2) is 7.73. The van der Waals surface area contributed by atoms with Crippen molar-refractivity contribution in [2.45, 2.75) is 6.17 Å². The number of aliphatic hydroxyl groups excluding tert-OH is 4. The van der Waals surface area contributed by atoms with Crippen molar-refractivity contribution in [3.63, 3.8) is 0 Å². The molecule has 0 aromatic rings. The van der Waals surface area contributed by atoms with Crippen molar-refractivity contribution in [2.24, 2.45) is 0 Å². The number of urea groups is 2. The number of amides is 5. The van der Waals surface area contributed by atoms with Gasteiger partial charge in [0.05, 0.1) is 13.2 Å². The van der Waals surface area contributed by atoms with E-state index >= 15 is 0 Å². The van der Waals surface area contributed by atoms with Gasteiger partial charge in [-0.2, -0.15) is 0 Å². The Morgan fingerprint density at radius 3 is 2.29 bits per heavy atom. The van der Waals surface area contributed by atoms with E-state index in [1.165, 1.54) is 0 Å². The highest BCUT2D eigenvalue weighted by molar-refractivity contribution is 6.05. The van der Waals surface area contributed by atoms with Gasteiger partial charge in [0.25, 0.3) is 5.91 Å². The number of imide groups is 1. The van der Waals surface area contributed by atoms with E-state index in [2.05, 4.69) is 5.32 Å². The van der Waals surface area contributed by atoms with Gasteiger partial charge in [0.15, 0.2) is 6.17 Å². The number of rotatable bonds is 7. The molecule has 11 nitrogen and oxygen atoms in total. The van der Waals surface area contributed by atoms with Gasteiger partial charge in [-0.3, -0.25) is 14.6 Å². The number of carbonyl (C=O) groups excluding carboxylic acids is 3. The SMILES string of the molecule is O=C1C(N(CCO)C(=O)NCCO)N(CO)C(=O)N1CO. The second-order valence-electron chi connectivity index (χ2n) is 4.05. The molecule has 1 aliphatic heterocycles. The zero-order valence-electron chi connectivity index (χ0n) is 11.2. The average molecular weight is 306 g/mol. The van der Waals surface area contributed by atoms with Crippen LogP contribution in [0, 0.1) is 0 Å². The quantitative estimate of drug-likeness (QED) is 0.305. The van der Waals surface area contributed by atoms with Crippen LogP contribution < -0.4 is 5.32 Å². The summed E-state index contributed by atoms with van der Waals surface area (Å²) in [7, 11) is 0. The maximum Gasteiger partial charge on any atom is 0.332 e. The molecule has 0 aliphatic carbocycles. The minimum Gasteiger partial charge on any atom is -0.395 e. The maximum absolute atomic E-state index is 12.1. The molecule has 0 radical (unpaired) electrons. The van der Waals surface area contributed by atoms with E-state index in [0.29, 0.717) is 9.80 Å².